The Morgan fingerprint density at radius 3 is 2.53 bits per heavy atom. The Bertz CT molecular complexity index is 252. The number of likely N-dealkylation sites (tertiary alicyclic amines) is 1. The molecule has 2 fully saturated rings. The summed E-state index contributed by atoms with van der Waals surface area (Å²) in [6.45, 7) is 13.3. The van der Waals surface area contributed by atoms with Gasteiger partial charge in [0.05, 0.1) is 12.7 Å². The quantitative estimate of drug-likeness (QED) is 0.809. The Labute approximate surface area is 118 Å². The number of piperidine rings is 1. The third-order valence-electron chi connectivity index (χ3n) is 4.35. The highest BCUT2D eigenvalue weighted by molar-refractivity contribution is 4.79. The van der Waals surface area contributed by atoms with E-state index in [-0.39, 0.29) is 0 Å². The summed E-state index contributed by atoms with van der Waals surface area (Å²) in [6.07, 6.45) is 2.93. The molecule has 0 radical (unpaired) electrons. The molecule has 0 bridgehead atoms. The summed E-state index contributed by atoms with van der Waals surface area (Å²) in [5.41, 5.74) is 5.75. The van der Waals surface area contributed by atoms with Crippen LogP contribution in [0.25, 0.3) is 0 Å². The standard InChI is InChI=1S/C15H31N3O/c1-13(2)10-18-7-8-19-15(12-18)11-17-5-3-14(9-16)4-6-17/h13-15H,3-12,16H2,1-2H3. The second-order valence-electron chi connectivity index (χ2n) is 6.63. The summed E-state index contributed by atoms with van der Waals surface area (Å²) in [7, 11) is 0. The van der Waals surface area contributed by atoms with E-state index in [0.29, 0.717) is 6.10 Å². The second kappa shape index (κ2) is 7.58. The molecule has 0 aromatic heterocycles. The van der Waals surface area contributed by atoms with Crippen LogP contribution in [-0.4, -0.2) is 68.3 Å². The van der Waals surface area contributed by atoms with E-state index in [2.05, 4.69) is 23.6 Å². The van der Waals surface area contributed by atoms with E-state index in [1.807, 2.05) is 0 Å². The number of rotatable bonds is 5. The molecule has 2 aliphatic rings. The molecule has 2 heterocycles. The predicted octanol–water partition coefficient (Wildman–Crippen LogP) is 1.01. The Morgan fingerprint density at radius 1 is 1.16 bits per heavy atom. The Balaban J connectivity index is 1.70. The minimum Gasteiger partial charge on any atom is -0.374 e. The summed E-state index contributed by atoms with van der Waals surface area (Å²) < 4.78 is 5.94. The van der Waals surface area contributed by atoms with Gasteiger partial charge in [0.1, 0.15) is 0 Å². The lowest BCUT2D eigenvalue weighted by Gasteiger charge is -2.38. The highest BCUT2D eigenvalue weighted by Crippen LogP contribution is 2.17. The van der Waals surface area contributed by atoms with Crippen molar-refractivity contribution in [3.8, 4) is 0 Å². The van der Waals surface area contributed by atoms with Crippen LogP contribution < -0.4 is 5.73 Å². The van der Waals surface area contributed by atoms with Gasteiger partial charge < -0.3 is 15.4 Å². The number of nitrogens with zero attached hydrogens (tertiary/aromatic N) is 2. The molecule has 1 unspecified atom stereocenters. The largest absolute Gasteiger partial charge is 0.374 e. The van der Waals surface area contributed by atoms with Gasteiger partial charge in [-0.3, -0.25) is 4.90 Å². The van der Waals surface area contributed by atoms with Gasteiger partial charge in [0.25, 0.3) is 0 Å². The molecule has 112 valence electrons. The van der Waals surface area contributed by atoms with Crippen LogP contribution in [0.3, 0.4) is 0 Å². The fourth-order valence-corrected chi connectivity index (χ4v) is 3.27. The van der Waals surface area contributed by atoms with Gasteiger partial charge in [-0.2, -0.15) is 0 Å². The molecule has 0 spiro atoms. The smallest absolute Gasteiger partial charge is 0.0829 e. The first-order chi connectivity index (χ1) is 9.17. The maximum Gasteiger partial charge on any atom is 0.0829 e. The zero-order valence-electron chi connectivity index (χ0n) is 12.7. The first kappa shape index (κ1) is 15.2. The lowest BCUT2D eigenvalue weighted by molar-refractivity contribution is -0.0491. The molecule has 0 aromatic carbocycles. The predicted molar refractivity (Wildman–Crippen MR) is 79.2 cm³/mol. The lowest BCUT2D eigenvalue weighted by Crippen LogP contribution is -2.49. The number of ether oxygens (including phenoxy) is 1. The molecule has 2 rings (SSSR count). The van der Waals surface area contributed by atoms with Crippen molar-refractivity contribution in [1.29, 1.82) is 0 Å². The fourth-order valence-electron chi connectivity index (χ4n) is 3.27. The summed E-state index contributed by atoms with van der Waals surface area (Å²) >= 11 is 0. The minimum absolute atomic E-state index is 0.405. The summed E-state index contributed by atoms with van der Waals surface area (Å²) in [4.78, 5) is 5.13. The van der Waals surface area contributed by atoms with Crippen molar-refractivity contribution in [2.45, 2.75) is 32.8 Å². The monoisotopic (exact) mass is 269 g/mol. The van der Waals surface area contributed by atoms with Crippen LogP contribution in [0.15, 0.2) is 0 Å². The zero-order chi connectivity index (χ0) is 13.7. The number of morpholine rings is 1. The highest BCUT2D eigenvalue weighted by atomic mass is 16.5. The second-order valence-corrected chi connectivity index (χ2v) is 6.63. The molecule has 0 aromatic rings. The summed E-state index contributed by atoms with van der Waals surface area (Å²) in [5, 5.41) is 0. The minimum atomic E-state index is 0.405. The molecule has 2 N–H and O–H groups in total. The van der Waals surface area contributed by atoms with Crippen LogP contribution in [0.4, 0.5) is 0 Å². The Morgan fingerprint density at radius 2 is 1.89 bits per heavy atom. The van der Waals surface area contributed by atoms with Crippen LogP contribution in [0, 0.1) is 11.8 Å². The molecule has 0 aliphatic carbocycles. The first-order valence-corrected chi connectivity index (χ1v) is 7.93. The van der Waals surface area contributed by atoms with Crippen molar-refractivity contribution in [3.05, 3.63) is 0 Å². The Kier molecular flexibility index (Phi) is 6.07. The van der Waals surface area contributed by atoms with Crippen molar-refractivity contribution in [2.75, 3.05) is 52.4 Å². The molecular formula is C15H31N3O. The van der Waals surface area contributed by atoms with E-state index in [1.54, 1.807) is 0 Å². The molecule has 1 atom stereocenters. The molecule has 2 aliphatic heterocycles. The van der Waals surface area contributed by atoms with Gasteiger partial charge in [-0.25, -0.2) is 0 Å². The van der Waals surface area contributed by atoms with E-state index < -0.39 is 0 Å². The van der Waals surface area contributed by atoms with E-state index in [1.165, 1.54) is 32.5 Å². The van der Waals surface area contributed by atoms with E-state index in [0.717, 1.165) is 44.6 Å². The molecule has 0 saturated carbocycles. The van der Waals surface area contributed by atoms with Gasteiger partial charge in [0.2, 0.25) is 0 Å². The molecule has 0 amide bonds. The van der Waals surface area contributed by atoms with E-state index in [9.17, 15) is 0 Å². The number of hydrogen-bond donors (Lipinski definition) is 1. The maximum absolute atomic E-state index is 5.94. The van der Waals surface area contributed by atoms with Gasteiger partial charge >= 0.3 is 0 Å². The maximum atomic E-state index is 5.94. The van der Waals surface area contributed by atoms with Crippen molar-refractivity contribution in [2.24, 2.45) is 17.6 Å². The average Bonchev–Trinajstić information content (AvgIpc) is 2.39. The molecule has 2 saturated heterocycles. The van der Waals surface area contributed by atoms with Crippen molar-refractivity contribution >= 4 is 0 Å². The van der Waals surface area contributed by atoms with Gasteiger partial charge in [-0.05, 0) is 44.3 Å². The zero-order valence-corrected chi connectivity index (χ0v) is 12.7. The van der Waals surface area contributed by atoms with Crippen molar-refractivity contribution in [3.63, 3.8) is 0 Å². The van der Waals surface area contributed by atoms with Crippen LogP contribution in [0.2, 0.25) is 0 Å². The first-order valence-electron chi connectivity index (χ1n) is 7.93. The van der Waals surface area contributed by atoms with Gasteiger partial charge in [0, 0.05) is 26.2 Å². The van der Waals surface area contributed by atoms with Crippen LogP contribution in [0.5, 0.6) is 0 Å². The van der Waals surface area contributed by atoms with Crippen LogP contribution >= 0.6 is 0 Å². The normalized spacial score (nSPS) is 28.1. The SMILES string of the molecule is CC(C)CN1CCOC(CN2CCC(CN)CC2)C1. The summed E-state index contributed by atoms with van der Waals surface area (Å²) in [6, 6.07) is 0. The summed E-state index contributed by atoms with van der Waals surface area (Å²) in [5.74, 6) is 1.50. The molecule has 4 heteroatoms. The molecular weight excluding hydrogens is 238 g/mol. The lowest BCUT2D eigenvalue weighted by atomic mass is 9.97. The van der Waals surface area contributed by atoms with Crippen LogP contribution in [-0.2, 0) is 4.74 Å². The molecule has 4 nitrogen and oxygen atoms in total. The van der Waals surface area contributed by atoms with E-state index >= 15 is 0 Å². The van der Waals surface area contributed by atoms with Crippen molar-refractivity contribution in [1.82, 2.24) is 9.80 Å². The average molecular weight is 269 g/mol. The topological polar surface area (TPSA) is 41.7 Å². The third-order valence-corrected chi connectivity index (χ3v) is 4.35. The third kappa shape index (κ3) is 5.03. The Hall–Kier alpha value is -0.160. The van der Waals surface area contributed by atoms with Gasteiger partial charge in [0.15, 0.2) is 0 Å². The number of hydrogen-bond acceptors (Lipinski definition) is 4. The van der Waals surface area contributed by atoms with Gasteiger partial charge in [-0.1, -0.05) is 13.8 Å². The fraction of sp³-hybridized carbons (Fsp3) is 1.00. The van der Waals surface area contributed by atoms with Gasteiger partial charge in [-0.15, -0.1) is 0 Å². The van der Waals surface area contributed by atoms with E-state index in [4.69, 9.17) is 10.5 Å². The highest BCUT2D eigenvalue weighted by Gasteiger charge is 2.25. The molecule has 19 heavy (non-hydrogen) atoms. The number of nitrogens with two attached hydrogens (primary N) is 1. The van der Waals surface area contributed by atoms with Crippen LogP contribution in [0.1, 0.15) is 26.7 Å². The van der Waals surface area contributed by atoms with Crippen molar-refractivity contribution < 1.29 is 4.74 Å².